The van der Waals surface area contributed by atoms with Gasteiger partial charge in [-0.15, -0.1) is 11.8 Å². The summed E-state index contributed by atoms with van der Waals surface area (Å²) in [4.78, 5) is 9.44. The highest BCUT2D eigenvalue weighted by Gasteiger charge is 2.18. The summed E-state index contributed by atoms with van der Waals surface area (Å²) in [5, 5.41) is 4.53. The van der Waals surface area contributed by atoms with Crippen molar-refractivity contribution in [3.63, 3.8) is 0 Å². The van der Waals surface area contributed by atoms with E-state index < -0.39 is 0 Å². The standard InChI is InChI=1S/C16H27N3OS/c1-5-8-17-15-12(4)16(19-14(18-15)11(2)3)21-10-13-7-6-9-20-13/h11,13H,5-10H2,1-4H3,(H,17,18,19). The van der Waals surface area contributed by atoms with Gasteiger partial charge in [0.15, 0.2) is 0 Å². The van der Waals surface area contributed by atoms with Crippen LogP contribution >= 0.6 is 11.8 Å². The second-order valence-corrected chi connectivity index (χ2v) is 6.90. The molecule has 1 aliphatic rings. The molecule has 1 fully saturated rings. The van der Waals surface area contributed by atoms with E-state index in [2.05, 4.69) is 38.0 Å². The third-order valence-corrected chi connectivity index (χ3v) is 4.82. The van der Waals surface area contributed by atoms with E-state index in [1.807, 2.05) is 11.8 Å². The normalized spacial score (nSPS) is 18.4. The van der Waals surface area contributed by atoms with Crippen LogP contribution in [0.1, 0.15) is 57.3 Å². The Morgan fingerprint density at radius 1 is 1.38 bits per heavy atom. The third kappa shape index (κ3) is 4.58. The molecule has 1 aromatic rings. The summed E-state index contributed by atoms with van der Waals surface area (Å²) in [5.41, 5.74) is 1.16. The lowest BCUT2D eigenvalue weighted by molar-refractivity contribution is 0.129. The van der Waals surface area contributed by atoms with Crippen LogP contribution in [-0.2, 0) is 4.74 Å². The van der Waals surface area contributed by atoms with Crippen LogP contribution in [-0.4, -0.2) is 35.0 Å². The number of hydrogen-bond donors (Lipinski definition) is 1. The number of thioether (sulfide) groups is 1. The summed E-state index contributed by atoms with van der Waals surface area (Å²) in [6.07, 6.45) is 3.85. The summed E-state index contributed by atoms with van der Waals surface area (Å²) in [7, 11) is 0. The zero-order chi connectivity index (χ0) is 15.2. The molecule has 0 spiro atoms. The molecule has 1 atom stereocenters. The van der Waals surface area contributed by atoms with Crippen LogP contribution in [0.4, 0.5) is 5.82 Å². The van der Waals surface area contributed by atoms with Crippen molar-refractivity contribution in [1.29, 1.82) is 0 Å². The van der Waals surface area contributed by atoms with Crippen molar-refractivity contribution >= 4 is 17.6 Å². The minimum atomic E-state index is 0.342. The lowest BCUT2D eigenvalue weighted by Gasteiger charge is -2.16. The maximum Gasteiger partial charge on any atom is 0.134 e. The number of aromatic nitrogens is 2. The summed E-state index contributed by atoms with van der Waals surface area (Å²) in [6, 6.07) is 0. The molecule has 0 saturated carbocycles. The van der Waals surface area contributed by atoms with E-state index in [1.165, 1.54) is 12.8 Å². The topological polar surface area (TPSA) is 47.0 Å². The van der Waals surface area contributed by atoms with E-state index >= 15 is 0 Å². The second-order valence-electron chi connectivity index (χ2n) is 5.89. The lowest BCUT2D eigenvalue weighted by atomic mass is 10.2. The molecule has 5 heteroatoms. The first kappa shape index (κ1) is 16.6. The molecule has 4 nitrogen and oxygen atoms in total. The number of nitrogens with one attached hydrogen (secondary N) is 1. The van der Waals surface area contributed by atoms with Crippen LogP contribution in [0.2, 0.25) is 0 Å². The monoisotopic (exact) mass is 309 g/mol. The van der Waals surface area contributed by atoms with Gasteiger partial charge in [0.25, 0.3) is 0 Å². The molecule has 21 heavy (non-hydrogen) atoms. The predicted molar refractivity (Wildman–Crippen MR) is 89.3 cm³/mol. The Morgan fingerprint density at radius 3 is 2.81 bits per heavy atom. The fourth-order valence-corrected chi connectivity index (χ4v) is 3.35. The number of hydrogen-bond acceptors (Lipinski definition) is 5. The first-order valence-electron chi connectivity index (χ1n) is 7.98. The average Bonchev–Trinajstić information content (AvgIpc) is 2.98. The van der Waals surface area contributed by atoms with Crippen LogP contribution in [0, 0.1) is 6.92 Å². The fraction of sp³-hybridized carbons (Fsp3) is 0.750. The molecule has 118 valence electrons. The smallest absolute Gasteiger partial charge is 0.134 e. The summed E-state index contributed by atoms with van der Waals surface area (Å²) in [5.74, 6) is 3.25. The predicted octanol–water partition coefficient (Wildman–Crippen LogP) is 4.00. The van der Waals surface area contributed by atoms with Crippen LogP contribution in [0.15, 0.2) is 5.03 Å². The average molecular weight is 309 g/mol. The molecule has 0 bridgehead atoms. The Balaban J connectivity index is 2.14. The van der Waals surface area contributed by atoms with Crippen LogP contribution < -0.4 is 5.32 Å². The minimum Gasteiger partial charge on any atom is -0.377 e. The van der Waals surface area contributed by atoms with Crippen molar-refractivity contribution in [2.75, 3.05) is 24.2 Å². The molecule has 1 aliphatic heterocycles. The second kappa shape index (κ2) is 7.99. The highest BCUT2D eigenvalue weighted by molar-refractivity contribution is 7.99. The Kier molecular flexibility index (Phi) is 6.30. The van der Waals surface area contributed by atoms with Crippen molar-refractivity contribution in [3.8, 4) is 0 Å². The van der Waals surface area contributed by atoms with Crippen molar-refractivity contribution in [2.45, 2.75) is 64.0 Å². The Hall–Kier alpha value is -0.810. The Labute approximate surface area is 132 Å². The van der Waals surface area contributed by atoms with E-state index in [9.17, 15) is 0 Å². The van der Waals surface area contributed by atoms with Crippen molar-refractivity contribution in [1.82, 2.24) is 9.97 Å². The lowest BCUT2D eigenvalue weighted by Crippen LogP contribution is -2.12. The molecule has 0 amide bonds. The maximum absolute atomic E-state index is 5.71. The van der Waals surface area contributed by atoms with Crippen molar-refractivity contribution in [3.05, 3.63) is 11.4 Å². The molecule has 0 radical (unpaired) electrons. The number of rotatable bonds is 7. The van der Waals surface area contributed by atoms with Crippen LogP contribution in [0.5, 0.6) is 0 Å². The third-order valence-electron chi connectivity index (χ3n) is 3.61. The molecule has 1 aromatic heterocycles. The van der Waals surface area contributed by atoms with Gasteiger partial charge in [-0.25, -0.2) is 9.97 Å². The van der Waals surface area contributed by atoms with Crippen molar-refractivity contribution < 1.29 is 4.74 Å². The molecule has 1 N–H and O–H groups in total. The summed E-state index contributed by atoms with van der Waals surface area (Å²) in [6.45, 7) is 10.4. The van der Waals surface area contributed by atoms with E-state index in [0.29, 0.717) is 12.0 Å². The molecular formula is C16H27N3OS. The van der Waals surface area contributed by atoms with Crippen LogP contribution in [0.3, 0.4) is 0 Å². The Morgan fingerprint density at radius 2 is 2.19 bits per heavy atom. The molecule has 0 aliphatic carbocycles. The highest BCUT2D eigenvalue weighted by Crippen LogP contribution is 2.29. The molecule has 1 unspecified atom stereocenters. The maximum atomic E-state index is 5.71. The summed E-state index contributed by atoms with van der Waals surface area (Å²) < 4.78 is 5.71. The summed E-state index contributed by atoms with van der Waals surface area (Å²) >= 11 is 1.81. The van der Waals surface area contributed by atoms with Crippen molar-refractivity contribution in [2.24, 2.45) is 0 Å². The van der Waals surface area contributed by atoms with Gasteiger partial charge in [-0.2, -0.15) is 0 Å². The van der Waals surface area contributed by atoms with Gasteiger partial charge in [-0.1, -0.05) is 20.8 Å². The SMILES string of the molecule is CCCNc1nc(C(C)C)nc(SCC2CCCO2)c1C. The first-order chi connectivity index (χ1) is 10.1. The van der Waals surface area contributed by atoms with Gasteiger partial charge in [0.1, 0.15) is 16.7 Å². The van der Waals surface area contributed by atoms with Gasteiger partial charge in [0.2, 0.25) is 0 Å². The van der Waals surface area contributed by atoms with Gasteiger partial charge in [0.05, 0.1) is 6.10 Å². The number of anilines is 1. The van der Waals surface area contributed by atoms with Gasteiger partial charge in [-0.3, -0.25) is 0 Å². The zero-order valence-corrected chi connectivity index (χ0v) is 14.4. The quantitative estimate of drug-likeness (QED) is 0.609. The molecule has 2 heterocycles. The number of ether oxygens (including phenoxy) is 1. The van der Waals surface area contributed by atoms with Gasteiger partial charge in [0, 0.05) is 30.4 Å². The molecule has 2 rings (SSSR count). The largest absolute Gasteiger partial charge is 0.377 e. The minimum absolute atomic E-state index is 0.342. The van der Waals surface area contributed by atoms with Gasteiger partial charge >= 0.3 is 0 Å². The van der Waals surface area contributed by atoms with Gasteiger partial charge in [-0.05, 0) is 26.2 Å². The van der Waals surface area contributed by atoms with Gasteiger partial charge < -0.3 is 10.1 Å². The van der Waals surface area contributed by atoms with E-state index in [1.54, 1.807) is 0 Å². The van der Waals surface area contributed by atoms with E-state index in [0.717, 1.165) is 47.6 Å². The molecule has 0 aromatic carbocycles. The van der Waals surface area contributed by atoms with E-state index in [4.69, 9.17) is 9.72 Å². The Bertz CT molecular complexity index is 459. The number of nitrogens with zero attached hydrogens (tertiary/aromatic N) is 2. The van der Waals surface area contributed by atoms with E-state index in [-0.39, 0.29) is 0 Å². The zero-order valence-electron chi connectivity index (χ0n) is 13.6. The fourth-order valence-electron chi connectivity index (χ4n) is 2.27. The highest BCUT2D eigenvalue weighted by atomic mass is 32.2. The molecule has 1 saturated heterocycles. The first-order valence-corrected chi connectivity index (χ1v) is 8.97. The molecular weight excluding hydrogens is 282 g/mol. The van der Waals surface area contributed by atoms with Crippen LogP contribution in [0.25, 0.3) is 0 Å².